The smallest absolute Gasteiger partial charge is 0.219 e. The zero-order valence-electron chi connectivity index (χ0n) is 15.1. The van der Waals surface area contributed by atoms with Crippen LogP contribution in [0.15, 0.2) is 48.5 Å². The van der Waals surface area contributed by atoms with E-state index < -0.39 is 0 Å². The summed E-state index contributed by atoms with van der Waals surface area (Å²) in [4.78, 5) is 11.4. The van der Waals surface area contributed by atoms with Crippen molar-refractivity contribution in [1.29, 1.82) is 0 Å². The van der Waals surface area contributed by atoms with Crippen LogP contribution >= 0.6 is 0 Å². The van der Waals surface area contributed by atoms with Crippen molar-refractivity contribution >= 4 is 5.91 Å². The summed E-state index contributed by atoms with van der Waals surface area (Å²) in [6.07, 6.45) is 1.34. The van der Waals surface area contributed by atoms with E-state index in [-0.39, 0.29) is 11.9 Å². The quantitative estimate of drug-likeness (QED) is 0.812. The van der Waals surface area contributed by atoms with Crippen molar-refractivity contribution in [3.8, 4) is 17.6 Å². The number of hydrogen-bond donors (Lipinski definition) is 1. The Kier molecular flexibility index (Phi) is 7.10. The number of ether oxygens (including phenoxy) is 1. The molecule has 0 radical (unpaired) electrons. The Balaban J connectivity index is 1.95. The fourth-order valence-corrected chi connectivity index (χ4v) is 2.45. The number of carbonyl (C=O) groups is 1. The van der Waals surface area contributed by atoms with Gasteiger partial charge in [0.1, 0.15) is 5.75 Å². The fraction of sp³-hybridized carbons (Fsp3) is 0.318. The van der Waals surface area contributed by atoms with Crippen molar-refractivity contribution in [3.63, 3.8) is 0 Å². The van der Waals surface area contributed by atoms with Crippen LogP contribution < -0.4 is 10.1 Å². The van der Waals surface area contributed by atoms with Crippen LogP contribution in [0.3, 0.4) is 0 Å². The summed E-state index contributed by atoms with van der Waals surface area (Å²) < 4.78 is 5.43. The van der Waals surface area contributed by atoms with Crippen molar-refractivity contribution in [2.75, 3.05) is 6.61 Å². The summed E-state index contributed by atoms with van der Waals surface area (Å²) in [6, 6.07) is 16.1. The molecule has 1 N–H and O–H groups in total. The molecular formula is C22H25NO2. The van der Waals surface area contributed by atoms with Gasteiger partial charge in [0, 0.05) is 23.6 Å². The van der Waals surface area contributed by atoms with Gasteiger partial charge in [-0.3, -0.25) is 4.79 Å². The molecule has 1 amide bonds. The Labute approximate surface area is 150 Å². The minimum Gasteiger partial charge on any atom is -0.494 e. The highest BCUT2D eigenvalue weighted by molar-refractivity contribution is 5.75. The Bertz CT molecular complexity index is 736. The van der Waals surface area contributed by atoms with Crippen molar-refractivity contribution in [2.45, 2.75) is 39.7 Å². The zero-order valence-corrected chi connectivity index (χ0v) is 15.1. The lowest BCUT2D eigenvalue weighted by atomic mass is 10.0. The van der Waals surface area contributed by atoms with E-state index in [1.807, 2.05) is 57.2 Å². The number of nitrogens with one attached hydrogen (secondary N) is 1. The highest BCUT2D eigenvalue weighted by Gasteiger charge is 2.06. The lowest BCUT2D eigenvalue weighted by Gasteiger charge is -2.13. The molecule has 1 atom stereocenters. The van der Waals surface area contributed by atoms with E-state index in [9.17, 15) is 4.79 Å². The third kappa shape index (κ3) is 6.35. The van der Waals surface area contributed by atoms with Gasteiger partial charge in [-0.15, -0.1) is 0 Å². The Morgan fingerprint density at radius 1 is 1.00 bits per heavy atom. The van der Waals surface area contributed by atoms with Gasteiger partial charge in [-0.05, 0) is 62.2 Å². The topological polar surface area (TPSA) is 38.3 Å². The van der Waals surface area contributed by atoms with Gasteiger partial charge in [-0.1, -0.05) is 30.9 Å². The van der Waals surface area contributed by atoms with Crippen molar-refractivity contribution in [1.82, 2.24) is 5.32 Å². The molecule has 25 heavy (non-hydrogen) atoms. The fourth-order valence-electron chi connectivity index (χ4n) is 2.45. The summed E-state index contributed by atoms with van der Waals surface area (Å²) in [5.74, 6) is 7.29. The Morgan fingerprint density at radius 2 is 1.56 bits per heavy atom. The summed E-state index contributed by atoms with van der Waals surface area (Å²) in [7, 11) is 0. The molecule has 0 saturated heterocycles. The first-order valence-corrected chi connectivity index (χ1v) is 8.74. The molecule has 3 heteroatoms. The van der Waals surface area contributed by atoms with E-state index in [1.54, 1.807) is 0 Å². The molecule has 3 nitrogen and oxygen atoms in total. The van der Waals surface area contributed by atoms with Crippen LogP contribution in [0.5, 0.6) is 5.75 Å². The SMILES string of the molecule is CCOc1ccc(C#Cc2ccc(CC(C)NC(=O)CC)cc2)cc1. The van der Waals surface area contributed by atoms with Crippen LogP contribution in [0.2, 0.25) is 0 Å². The highest BCUT2D eigenvalue weighted by Crippen LogP contribution is 2.12. The molecule has 0 aliphatic heterocycles. The molecule has 2 aromatic rings. The molecule has 0 aliphatic carbocycles. The number of hydrogen-bond acceptors (Lipinski definition) is 2. The minimum atomic E-state index is 0.0883. The zero-order chi connectivity index (χ0) is 18.1. The number of rotatable bonds is 6. The molecule has 0 aliphatic rings. The monoisotopic (exact) mass is 335 g/mol. The van der Waals surface area contributed by atoms with E-state index >= 15 is 0 Å². The highest BCUT2D eigenvalue weighted by atomic mass is 16.5. The average Bonchev–Trinajstić information content (AvgIpc) is 2.62. The van der Waals surface area contributed by atoms with Gasteiger partial charge in [0.25, 0.3) is 0 Å². The third-order valence-corrected chi connectivity index (χ3v) is 3.74. The largest absolute Gasteiger partial charge is 0.494 e. The maximum atomic E-state index is 11.4. The minimum absolute atomic E-state index is 0.0883. The average molecular weight is 335 g/mol. The van der Waals surface area contributed by atoms with Crippen molar-refractivity contribution in [3.05, 3.63) is 65.2 Å². The van der Waals surface area contributed by atoms with E-state index in [4.69, 9.17) is 4.74 Å². The van der Waals surface area contributed by atoms with Crippen LogP contribution in [-0.4, -0.2) is 18.6 Å². The Hall–Kier alpha value is -2.73. The third-order valence-electron chi connectivity index (χ3n) is 3.74. The van der Waals surface area contributed by atoms with Gasteiger partial charge in [-0.25, -0.2) is 0 Å². The van der Waals surface area contributed by atoms with Gasteiger partial charge >= 0.3 is 0 Å². The summed E-state index contributed by atoms with van der Waals surface area (Å²) in [5.41, 5.74) is 3.13. The van der Waals surface area contributed by atoms with Gasteiger partial charge < -0.3 is 10.1 Å². The van der Waals surface area contributed by atoms with Gasteiger partial charge in [0.05, 0.1) is 6.61 Å². The second-order valence-electron chi connectivity index (χ2n) is 5.93. The molecule has 0 bridgehead atoms. The van der Waals surface area contributed by atoms with Crippen molar-refractivity contribution < 1.29 is 9.53 Å². The normalized spacial score (nSPS) is 11.2. The van der Waals surface area contributed by atoms with Gasteiger partial charge in [0.15, 0.2) is 0 Å². The molecule has 0 saturated carbocycles. The summed E-state index contributed by atoms with van der Waals surface area (Å²) >= 11 is 0. The lowest BCUT2D eigenvalue weighted by Crippen LogP contribution is -2.33. The number of carbonyl (C=O) groups excluding carboxylic acids is 1. The predicted molar refractivity (Wildman–Crippen MR) is 102 cm³/mol. The van der Waals surface area contributed by atoms with E-state index in [2.05, 4.69) is 29.3 Å². The van der Waals surface area contributed by atoms with Crippen LogP contribution in [0, 0.1) is 11.8 Å². The van der Waals surface area contributed by atoms with E-state index in [0.29, 0.717) is 13.0 Å². The first-order chi connectivity index (χ1) is 12.1. The van der Waals surface area contributed by atoms with Crippen LogP contribution in [0.25, 0.3) is 0 Å². The van der Waals surface area contributed by atoms with Crippen LogP contribution in [-0.2, 0) is 11.2 Å². The molecule has 130 valence electrons. The van der Waals surface area contributed by atoms with Crippen LogP contribution in [0.4, 0.5) is 0 Å². The van der Waals surface area contributed by atoms with Gasteiger partial charge in [-0.2, -0.15) is 0 Å². The first kappa shape index (κ1) is 18.6. The van der Waals surface area contributed by atoms with Crippen molar-refractivity contribution in [2.24, 2.45) is 0 Å². The maximum absolute atomic E-state index is 11.4. The Morgan fingerprint density at radius 3 is 2.08 bits per heavy atom. The van der Waals surface area contributed by atoms with Gasteiger partial charge in [0.2, 0.25) is 5.91 Å². The first-order valence-electron chi connectivity index (χ1n) is 8.74. The summed E-state index contributed by atoms with van der Waals surface area (Å²) in [5, 5.41) is 2.98. The second-order valence-corrected chi connectivity index (χ2v) is 5.93. The lowest BCUT2D eigenvalue weighted by molar-refractivity contribution is -0.121. The molecule has 1 unspecified atom stereocenters. The molecule has 0 heterocycles. The molecule has 0 spiro atoms. The number of benzene rings is 2. The maximum Gasteiger partial charge on any atom is 0.219 e. The second kappa shape index (κ2) is 9.54. The molecule has 0 fully saturated rings. The predicted octanol–water partition coefficient (Wildman–Crippen LogP) is 3.94. The van der Waals surface area contributed by atoms with E-state index in [1.165, 1.54) is 5.56 Å². The van der Waals surface area contributed by atoms with E-state index in [0.717, 1.165) is 23.3 Å². The molecule has 2 aromatic carbocycles. The van der Waals surface area contributed by atoms with Crippen LogP contribution in [0.1, 0.15) is 43.9 Å². The molecular weight excluding hydrogens is 310 g/mol. The summed E-state index contributed by atoms with van der Waals surface area (Å²) in [6.45, 7) is 6.51. The molecule has 2 rings (SSSR count). The standard InChI is InChI=1S/C22H25NO2/c1-4-22(24)23-17(3)16-20-10-8-18(9-11-20)6-7-19-12-14-21(15-13-19)25-5-2/h8-15,17H,4-5,16H2,1-3H3,(H,23,24). The molecule has 0 aromatic heterocycles. The number of amides is 1.